The lowest BCUT2D eigenvalue weighted by molar-refractivity contribution is -0.128. The van der Waals surface area contributed by atoms with Gasteiger partial charge in [0.15, 0.2) is 0 Å². The second-order valence-corrected chi connectivity index (χ2v) is 14.1. The molecule has 2 bridgehead atoms. The summed E-state index contributed by atoms with van der Waals surface area (Å²) in [6, 6.07) is 4.87. The number of benzene rings is 1. The van der Waals surface area contributed by atoms with Gasteiger partial charge in [-0.05, 0) is 50.2 Å². The van der Waals surface area contributed by atoms with Crippen LogP contribution in [0.5, 0.6) is 11.5 Å². The van der Waals surface area contributed by atoms with Crippen LogP contribution in [0.25, 0.3) is 11.0 Å². The minimum absolute atomic E-state index is 0.00247. The fourth-order valence-corrected chi connectivity index (χ4v) is 10.3. The Morgan fingerprint density at radius 2 is 1.92 bits per heavy atom. The molecule has 204 valence electrons. The highest BCUT2D eigenvalue weighted by molar-refractivity contribution is 7.91. The molecule has 2 heterocycles. The van der Waals surface area contributed by atoms with Gasteiger partial charge in [0.1, 0.15) is 17.3 Å². The van der Waals surface area contributed by atoms with Crippen LogP contribution in [0.15, 0.2) is 29.6 Å². The number of ether oxygens (including phenoxy) is 2. The number of ketones is 1. The van der Waals surface area contributed by atoms with E-state index in [0.29, 0.717) is 41.1 Å². The highest BCUT2D eigenvalue weighted by atomic mass is 32.2. The molecule has 3 atom stereocenters. The number of hydrogen-bond donors (Lipinski definition) is 0. The van der Waals surface area contributed by atoms with Crippen LogP contribution >= 0.6 is 0 Å². The Bertz CT molecular complexity index is 1590. The van der Waals surface area contributed by atoms with Crippen molar-refractivity contribution in [2.24, 2.45) is 16.7 Å². The first-order valence-corrected chi connectivity index (χ1v) is 15.5. The van der Waals surface area contributed by atoms with Gasteiger partial charge in [0.2, 0.25) is 15.2 Å². The summed E-state index contributed by atoms with van der Waals surface area (Å²) in [5.74, 6) is 0.933. The minimum atomic E-state index is -4.14. The van der Waals surface area contributed by atoms with Crippen molar-refractivity contribution in [2.75, 3.05) is 20.0 Å². The SMILES string of the molecule is COc1ccc2c(c1)nc([S@](=O)Cc1ncc(C)c(OC)c1C)n2S(=O)(=O)C[C@]12CCC(CC1=O)C2(C)C. The topological polar surface area (TPSA) is 117 Å². The van der Waals surface area contributed by atoms with E-state index in [1.807, 2.05) is 27.7 Å². The van der Waals surface area contributed by atoms with E-state index in [9.17, 15) is 17.4 Å². The normalized spacial score (nSPS) is 23.2. The number of rotatable bonds is 8. The number of aromatic nitrogens is 3. The summed E-state index contributed by atoms with van der Waals surface area (Å²) in [6.07, 6.45) is 3.42. The molecule has 11 heteroatoms. The van der Waals surface area contributed by atoms with E-state index in [4.69, 9.17) is 9.47 Å². The van der Waals surface area contributed by atoms with Crippen LogP contribution in [0.2, 0.25) is 0 Å². The lowest BCUT2D eigenvalue weighted by Crippen LogP contribution is -2.43. The molecule has 0 aliphatic heterocycles. The second-order valence-electron chi connectivity index (χ2n) is 11.0. The first-order chi connectivity index (χ1) is 17.9. The van der Waals surface area contributed by atoms with Crippen molar-refractivity contribution in [2.45, 2.75) is 57.9 Å². The number of carbonyl (C=O) groups excluding carboxylic acids is 1. The van der Waals surface area contributed by atoms with Gasteiger partial charge >= 0.3 is 0 Å². The average molecular weight is 560 g/mol. The zero-order valence-electron chi connectivity index (χ0n) is 22.5. The molecule has 2 fully saturated rings. The van der Waals surface area contributed by atoms with Crippen LogP contribution in [0.3, 0.4) is 0 Å². The maximum atomic E-state index is 14.2. The monoisotopic (exact) mass is 559 g/mol. The zero-order valence-corrected chi connectivity index (χ0v) is 24.2. The molecule has 9 nitrogen and oxygen atoms in total. The van der Waals surface area contributed by atoms with Crippen molar-refractivity contribution in [1.82, 2.24) is 13.9 Å². The highest BCUT2D eigenvalue weighted by Crippen LogP contribution is 2.64. The third-order valence-electron chi connectivity index (χ3n) is 8.86. The number of fused-ring (bicyclic) bond motifs is 3. The largest absolute Gasteiger partial charge is 0.497 e. The van der Waals surface area contributed by atoms with Gasteiger partial charge in [0.25, 0.3) is 0 Å². The predicted molar refractivity (Wildman–Crippen MR) is 144 cm³/mol. The van der Waals surface area contributed by atoms with Crippen molar-refractivity contribution in [3.05, 3.63) is 41.2 Å². The Kier molecular flexibility index (Phi) is 6.45. The Hall–Kier alpha value is -2.79. The van der Waals surface area contributed by atoms with Crippen LogP contribution < -0.4 is 9.47 Å². The third kappa shape index (κ3) is 3.88. The molecule has 0 saturated heterocycles. The van der Waals surface area contributed by atoms with Gasteiger partial charge in [-0.15, -0.1) is 0 Å². The Morgan fingerprint density at radius 1 is 1.18 bits per heavy atom. The van der Waals surface area contributed by atoms with E-state index < -0.39 is 31.7 Å². The van der Waals surface area contributed by atoms with Crippen LogP contribution in [-0.4, -0.2) is 52.3 Å². The molecule has 0 amide bonds. The van der Waals surface area contributed by atoms with Gasteiger partial charge in [0, 0.05) is 29.8 Å². The number of nitrogens with zero attached hydrogens (tertiary/aromatic N) is 3. The van der Waals surface area contributed by atoms with Crippen molar-refractivity contribution in [1.29, 1.82) is 0 Å². The minimum Gasteiger partial charge on any atom is -0.497 e. The standard InChI is InChI=1S/C27H33N3O6S2/c1-16-13-28-21(17(2)24(16)36-6)14-37(32)25-29-20-12-19(35-5)7-8-22(20)30(25)38(33,34)15-27-10-9-18(11-23(27)31)26(27,3)4/h7-8,12-13,18H,9-11,14-15H2,1-6H3/t18?,27-,37-/m1/s1. The second kappa shape index (κ2) is 9.15. The number of methoxy groups -OCH3 is 2. The summed E-state index contributed by atoms with van der Waals surface area (Å²) in [5.41, 5.74) is 1.36. The van der Waals surface area contributed by atoms with Gasteiger partial charge < -0.3 is 9.47 Å². The van der Waals surface area contributed by atoms with E-state index in [0.717, 1.165) is 21.5 Å². The van der Waals surface area contributed by atoms with Gasteiger partial charge in [0.05, 0.1) is 58.7 Å². The fraction of sp³-hybridized carbons (Fsp3) is 0.519. The molecule has 2 aliphatic rings. The Labute approximate surface area is 225 Å². The van der Waals surface area contributed by atoms with Crippen molar-refractivity contribution < 1.29 is 26.9 Å². The fourth-order valence-electron chi connectivity index (χ4n) is 6.44. The van der Waals surface area contributed by atoms with E-state index in [-0.39, 0.29) is 28.4 Å². The molecular weight excluding hydrogens is 526 g/mol. The zero-order chi connectivity index (χ0) is 27.6. The van der Waals surface area contributed by atoms with E-state index >= 15 is 0 Å². The predicted octanol–water partition coefficient (Wildman–Crippen LogP) is 3.95. The van der Waals surface area contributed by atoms with Crippen LogP contribution in [0.4, 0.5) is 0 Å². The number of carbonyl (C=O) groups is 1. The van der Waals surface area contributed by atoms with Crippen LogP contribution in [-0.2, 0) is 31.4 Å². The number of aryl methyl sites for hydroxylation is 1. The Morgan fingerprint density at radius 3 is 2.53 bits per heavy atom. The Balaban J connectivity index is 1.62. The van der Waals surface area contributed by atoms with Gasteiger partial charge in [-0.3, -0.25) is 14.0 Å². The molecule has 1 unspecified atom stereocenters. The number of imidazole rings is 1. The first-order valence-electron chi connectivity index (χ1n) is 12.6. The van der Waals surface area contributed by atoms with Gasteiger partial charge in [-0.1, -0.05) is 13.8 Å². The summed E-state index contributed by atoms with van der Waals surface area (Å²) in [6.45, 7) is 7.71. The molecule has 2 saturated carbocycles. The lowest BCUT2D eigenvalue weighted by atomic mass is 9.70. The maximum Gasteiger partial charge on any atom is 0.242 e. The third-order valence-corrected chi connectivity index (χ3v) is 12.0. The molecular formula is C27H33N3O6S2. The highest BCUT2D eigenvalue weighted by Gasteiger charge is 2.65. The van der Waals surface area contributed by atoms with E-state index in [1.54, 1.807) is 31.5 Å². The van der Waals surface area contributed by atoms with Gasteiger partial charge in [-0.25, -0.2) is 17.4 Å². The van der Waals surface area contributed by atoms with E-state index in [2.05, 4.69) is 9.97 Å². The summed E-state index contributed by atoms with van der Waals surface area (Å²) >= 11 is 0. The lowest BCUT2D eigenvalue weighted by Gasteiger charge is -2.36. The molecule has 38 heavy (non-hydrogen) atoms. The summed E-state index contributed by atoms with van der Waals surface area (Å²) < 4.78 is 54.1. The molecule has 0 radical (unpaired) electrons. The summed E-state index contributed by atoms with van der Waals surface area (Å²) in [4.78, 5) is 22.1. The summed E-state index contributed by atoms with van der Waals surface area (Å²) in [5, 5.41) is -0.0943. The molecule has 2 aliphatic carbocycles. The number of Topliss-reactive ketones (excluding diaryl/α,β-unsaturated/α-hetero) is 1. The first kappa shape index (κ1) is 26.8. The summed E-state index contributed by atoms with van der Waals surface area (Å²) in [7, 11) is -2.93. The quantitative estimate of drug-likeness (QED) is 0.407. The van der Waals surface area contributed by atoms with Gasteiger partial charge in [-0.2, -0.15) is 0 Å². The molecule has 0 spiro atoms. The van der Waals surface area contributed by atoms with Crippen LogP contribution in [0.1, 0.15) is 49.9 Å². The molecule has 3 aromatic rings. The molecule has 1 aromatic carbocycles. The molecule has 2 aromatic heterocycles. The van der Waals surface area contributed by atoms with Crippen molar-refractivity contribution in [3.63, 3.8) is 0 Å². The molecule has 5 rings (SSSR count). The average Bonchev–Trinajstić information content (AvgIpc) is 3.42. The number of pyridine rings is 1. The van der Waals surface area contributed by atoms with Crippen LogP contribution in [0, 0.1) is 30.6 Å². The molecule has 0 N–H and O–H groups in total. The van der Waals surface area contributed by atoms with Crippen molar-refractivity contribution in [3.8, 4) is 11.5 Å². The maximum absolute atomic E-state index is 14.2. The number of hydrogen-bond acceptors (Lipinski definition) is 8. The van der Waals surface area contributed by atoms with Crippen molar-refractivity contribution >= 4 is 37.6 Å². The smallest absolute Gasteiger partial charge is 0.242 e. The van der Waals surface area contributed by atoms with E-state index in [1.165, 1.54) is 7.11 Å².